The van der Waals surface area contributed by atoms with E-state index in [0.717, 1.165) is 37.1 Å². The number of nitrogens with one attached hydrogen (secondary N) is 1. The number of benzene rings is 1. The summed E-state index contributed by atoms with van der Waals surface area (Å²) in [7, 11) is 1.39. The second-order valence-corrected chi connectivity index (χ2v) is 7.72. The quantitative estimate of drug-likeness (QED) is 0.816. The largest absolute Gasteiger partial charge is 0.469 e. The van der Waals surface area contributed by atoms with E-state index in [1.165, 1.54) is 7.11 Å². The highest BCUT2D eigenvalue weighted by Crippen LogP contribution is 2.16. The monoisotopic (exact) mass is 362 g/mol. The zero-order valence-corrected chi connectivity index (χ0v) is 16.2. The summed E-state index contributed by atoms with van der Waals surface area (Å²) in [6.07, 6.45) is 2.06. The zero-order valence-electron chi connectivity index (χ0n) is 16.2. The summed E-state index contributed by atoms with van der Waals surface area (Å²) in [4.78, 5) is 25.3. The fourth-order valence-electron chi connectivity index (χ4n) is 2.91. The van der Waals surface area contributed by atoms with Crippen molar-refractivity contribution in [1.29, 1.82) is 0 Å². The van der Waals surface area contributed by atoms with Crippen LogP contribution in [0.3, 0.4) is 0 Å². The van der Waals surface area contributed by atoms with Crippen LogP contribution in [0.1, 0.15) is 44.7 Å². The summed E-state index contributed by atoms with van der Waals surface area (Å²) in [6.45, 7) is 7.79. The Morgan fingerprint density at radius 2 is 1.85 bits per heavy atom. The fraction of sp³-hybridized carbons (Fsp3) is 0.600. The Morgan fingerprint density at radius 3 is 2.46 bits per heavy atom. The molecule has 1 aromatic carbocycles. The number of hydrogen-bond acceptors (Lipinski definition) is 5. The minimum absolute atomic E-state index is 0.236. The Balaban J connectivity index is 1.81. The molecule has 1 aromatic rings. The number of esters is 1. The molecule has 1 amide bonds. The summed E-state index contributed by atoms with van der Waals surface area (Å²) in [6, 6.07) is 8.18. The maximum atomic E-state index is 12.2. The van der Waals surface area contributed by atoms with Crippen LogP contribution in [-0.4, -0.2) is 48.8 Å². The Morgan fingerprint density at radius 1 is 1.19 bits per heavy atom. The van der Waals surface area contributed by atoms with Gasteiger partial charge < -0.3 is 19.7 Å². The van der Waals surface area contributed by atoms with Crippen molar-refractivity contribution in [3.63, 3.8) is 0 Å². The van der Waals surface area contributed by atoms with E-state index in [9.17, 15) is 9.59 Å². The van der Waals surface area contributed by atoms with Crippen molar-refractivity contribution in [2.45, 2.75) is 58.2 Å². The molecule has 6 heteroatoms. The molecule has 1 aliphatic heterocycles. The molecule has 6 nitrogen and oxygen atoms in total. The molecule has 144 valence electrons. The first kappa shape index (κ1) is 20.2. The number of amides is 1. The molecule has 2 rings (SSSR count). The van der Waals surface area contributed by atoms with Crippen molar-refractivity contribution in [2.24, 2.45) is 0 Å². The van der Waals surface area contributed by atoms with E-state index >= 15 is 0 Å². The number of methoxy groups -OCH3 is 1. The van der Waals surface area contributed by atoms with Crippen molar-refractivity contribution >= 4 is 12.1 Å². The van der Waals surface area contributed by atoms with Gasteiger partial charge in [0.05, 0.1) is 13.5 Å². The van der Waals surface area contributed by atoms with Crippen molar-refractivity contribution < 1.29 is 19.1 Å². The van der Waals surface area contributed by atoms with Gasteiger partial charge in [-0.05, 0) is 44.7 Å². The fourth-order valence-corrected chi connectivity index (χ4v) is 2.91. The van der Waals surface area contributed by atoms with Crippen LogP contribution in [0.25, 0.3) is 0 Å². The van der Waals surface area contributed by atoms with Crippen molar-refractivity contribution in [3.05, 3.63) is 35.4 Å². The SMILES string of the molecule is COC(=O)Cc1ccc(CN[C@H]2CCCN(C(=O)OC(C)(C)C)C2)cc1. The van der Waals surface area contributed by atoms with E-state index in [1.54, 1.807) is 4.90 Å². The van der Waals surface area contributed by atoms with E-state index in [4.69, 9.17) is 4.74 Å². The first-order valence-electron chi connectivity index (χ1n) is 9.13. The molecule has 0 aliphatic carbocycles. The smallest absolute Gasteiger partial charge is 0.410 e. The second-order valence-electron chi connectivity index (χ2n) is 7.72. The average Bonchev–Trinajstić information content (AvgIpc) is 2.60. The number of carbonyl (C=O) groups excluding carboxylic acids is 2. The average molecular weight is 362 g/mol. The Hall–Kier alpha value is -2.08. The van der Waals surface area contributed by atoms with E-state index in [-0.39, 0.29) is 24.5 Å². The van der Waals surface area contributed by atoms with Gasteiger partial charge in [0.2, 0.25) is 0 Å². The Bertz CT molecular complexity index is 607. The molecule has 1 saturated heterocycles. The molecule has 1 heterocycles. The molecular weight excluding hydrogens is 332 g/mol. The highest BCUT2D eigenvalue weighted by atomic mass is 16.6. The van der Waals surface area contributed by atoms with Crippen LogP contribution < -0.4 is 5.32 Å². The van der Waals surface area contributed by atoms with Gasteiger partial charge in [-0.15, -0.1) is 0 Å². The maximum Gasteiger partial charge on any atom is 0.410 e. The number of nitrogens with zero attached hydrogens (tertiary/aromatic N) is 1. The highest BCUT2D eigenvalue weighted by molar-refractivity contribution is 5.72. The van der Waals surface area contributed by atoms with Crippen LogP contribution in [0.2, 0.25) is 0 Å². The third-order valence-electron chi connectivity index (χ3n) is 4.27. The summed E-state index contributed by atoms with van der Waals surface area (Å²) < 4.78 is 10.1. The molecule has 1 atom stereocenters. The first-order chi connectivity index (χ1) is 12.3. The first-order valence-corrected chi connectivity index (χ1v) is 9.13. The molecule has 1 N–H and O–H groups in total. The van der Waals surface area contributed by atoms with Crippen LogP contribution in [0.15, 0.2) is 24.3 Å². The van der Waals surface area contributed by atoms with E-state index in [1.807, 2.05) is 45.0 Å². The van der Waals surface area contributed by atoms with Crippen LogP contribution in [0.5, 0.6) is 0 Å². The van der Waals surface area contributed by atoms with Gasteiger partial charge in [-0.2, -0.15) is 0 Å². The molecule has 0 saturated carbocycles. The van der Waals surface area contributed by atoms with Crippen LogP contribution in [0, 0.1) is 0 Å². The molecule has 1 fully saturated rings. The number of hydrogen-bond donors (Lipinski definition) is 1. The number of likely N-dealkylation sites (tertiary alicyclic amines) is 1. The lowest BCUT2D eigenvalue weighted by atomic mass is 10.0. The van der Waals surface area contributed by atoms with Crippen molar-refractivity contribution in [2.75, 3.05) is 20.2 Å². The van der Waals surface area contributed by atoms with E-state index < -0.39 is 5.60 Å². The van der Waals surface area contributed by atoms with E-state index in [2.05, 4.69) is 10.1 Å². The molecule has 0 radical (unpaired) electrons. The number of ether oxygens (including phenoxy) is 2. The normalized spacial score (nSPS) is 17.7. The molecule has 0 spiro atoms. The lowest BCUT2D eigenvalue weighted by Crippen LogP contribution is -2.49. The van der Waals surface area contributed by atoms with Crippen LogP contribution >= 0.6 is 0 Å². The molecule has 0 aromatic heterocycles. The summed E-state index contributed by atoms with van der Waals surface area (Å²) in [5.41, 5.74) is 1.62. The molecule has 0 unspecified atom stereocenters. The van der Waals surface area contributed by atoms with Gasteiger partial charge in [-0.25, -0.2) is 4.79 Å². The van der Waals surface area contributed by atoms with Gasteiger partial charge in [0.25, 0.3) is 0 Å². The van der Waals surface area contributed by atoms with Gasteiger partial charge >= 0.3 is 12.1 Å². The van der Waals surface area contributed by atoms with Crippen molar-refractivity contribution in [3.8, 4) is 0 Å². The van der Waals surface area contributed by atoms with Gasteiger partial charge in [0, 0.05) is 25.7 Å². The van der Waals surface area contributed by atoms with E-state index in [0.29, 0.717) is 6.54 Å². The maximum absolute atomic E-state index is 12.2. The molecule has 1 aliphatic rings. The highest BCUT2D eigenvalue weighted by Gasteiger charge is 2.27. The lowest BCUT2D eigenvalue weighted by Gasteiger charge is -2.34. The van der Waals surface area contributed by atoms with Gasteiger partial charge in [-0.3, -0.25) is 4.79 Å². The predicted octanol–water partition coefficient (Wildman–Crippen LogP) is 2.89. The van der Waals surface area contributed by atoms with Gasteiger partial charge in [-0.1, -0.05) is 24.3 Å². The molecule has 26 heavy (non-hydrogen) atoms. The Labute approximate surface area is 155 Å². The summed E-state index contributed by atoms with van der Waals surface area (Å²) in [5.74, 6) is -0.236. The van der Waals surface area contributed by atoms with Crippen LogP contribution in [0.4, 0.5) is 4.79 Å². The number of rotatable bonds is 5. The van der Waals surface area contributed by atoms with Gasteiger partial charge in [0.15, 0.2) is 0 Å². The number of carbonyl (C=O) groups is 2. The van der Waals surface area contributed by atoms with Crippen LogP contribution in [-0.2, 0) is 27.2 Å². The third kappa shape index (κ3) is 6.67. The molecular formula is C20H30N2O4. The topological polar surface area (TPSA) is 67.9 Å². The summed E-state index contributed by atoms with van der Waals surface area (Å²) in [5, 5.41) is 3.52. The zero-order chi connectivity index (χ0) is 19.2. The Kier molecular flexibility index (Phi) is 7.03. The number of piperidine rings is 1. The standard InChI is InChI=1S/C20H30N2O4/c1-20(2,3)26-19(24)22-11-5-6-17(14-22)21-13-16-9-7-15(8-10-16)12-18(23)25-4/h7-10,17,21H,5-6,11-14H2,1-4H3/t17-/m0/s1. The van der Waals surface area contributed by atoms with Crippen molar-refractivity contribution in [1.82, 2.24) is 10.2 Å². The predicted molar refractivity (Wildman–Crippen MR) is 99.8 cm³/mol. The summed E-state index contributed by atoms with van der Waals surface area (Å²) >= 11 is 0. The van der Waals surface area contributed by atoms with Gasteiger partial charge in [0.1, 0.15) is 5.60 Å². The third-order valence-corrected chi connectivity index (χ3v) is 4.27. The minimum Gasteiger partial charge on any atom is -0.469 e. The lowest BCUT2D eigenvalue weighted by molar-refractivity contribution is -0.139. The second kappa shape index (κ2) is 9.03. The molecule has 0 bridgehead atoms. The minimum atomic E-state index is -0.469.